The molecule has 0 saturated heterocycles. The molecule has 7 heteroatoms. The second-order valence-electron chi connectivity index (χ2n) is 8.58. The highest BCUT2D eigenvalue weighted by atomic mass is 35.5. The summed E-state index contributed by atoms with van der Waals surface area (Å²) in [4.78, 5) is 25.8. The number of nitrogens with one attached hydrogen (secondary N) is 1. The van der Waals surface area contributed by atoms with E-state index in [0.29, 0.717) is 32.5 Å². The average Bonchev–Trinajstić information content (AvgIpc) is 2.76. The lowest BCUT2D eigenvalue weighted by Crippen LogP contribution is -2.32. The van der Waals surface area contributed by atoms with E-state index in [-0.39, 0.29) is 11.5 Å². The zero-order chi connectivity index (χ0) is 24.2. The number of hydrogen-bond acceptors (Lipinski definition) is 6. The van der Waals surface area contributed by atoms with Gasteiger partial charge in [-0.1, -0.05) is 65.8 Å². The molecule has 1 N–H and O–H groups in total. The largest absolute Gasteiger partial charge is 0.457 e. The second-order valence-corrected chi connectivity index (χ2v) is 10.0. The fraction of sp³-hybridized carbons (Fsp3) is 0.269. The summed E-state index contributed by atoms with van der Waals surface area (Å²) in [5, 5.41) is 14.4. The van der Waals surface area contributed by atoms with Crippen LogP contribution in [-0.4, -0.2) is 23.1 Å². The van der Waals surface area contributed by atoms with Crippen LogP contribution in [0.1, 0.15) is 49.5 Å². The average molecular weight is 481 g/mol. The molecule has 0 spiro atoms. The SMILES string of the molecule is CC1=C(C(=O)OC(C)(C)C)C(c2ccc(Cl)cc2)C(C#N)=C(SCC(=O)c2ccccc2)N1. The molecule has 2 aromatic carbocycles. The Morgan fingerprint density at radius 3 is 2.33 bits per heavy atom. The van der Waals surface area contributed by atoms with Crippen LogP contribution in [0.3, 0.4) is 0 Å². The summed E-state index contributed by atoms with van der Waals surface area (Å²) in [6, 6.07) is 18.3. The molecule has 1 aliphatic rings. The normalized spacial score (nSPS) is 16.2. The van der Waals surface area contributed by atoms with E-state index in [2.05, 4.69) is 11.4 Å². The number of halogens is 1. The molecule has 33 heavy (non-hydrogen) atoms. The summed E-state index contributed by atoms with van der Waals surface area (Å²) in [5.41, 5.74) is 1.96. The number of dihydropyridines is 1. The monoisotopic (exact) mass is 480 g/mol. The highest BCUT2D eigenvalue weighted by Crippen LogP contribution is 2.41. The van der Waals surface area contributed by atoms with Gasteiger partial charge in [-0.25, -0.2) is 4.79 Å². The van der Waals surface area contributed by atoms with Crippen molar-refractivity contribution in [2.45, 2.75) is 39.2 Å². The number of carbonyl (C=O) groups excluding carboxylic acids is 2. The van der Waals surface area contributed by atoms with Crippen LogP contribution in [0.25, 0.3) is 0 Å². The fourth-order valence-corrected chi connectivity index (χ4v) is 4.58. The van der Waals surface area contributed by atoms with Gasteiger partial charge in [0.25, 0.3) is 0 Å². The highest BCUT2D eigenvalue weighted by molar-refractivity contribution is 8.03. The van der Waals surface area contributed by atoms with Gasteiger partial charge < -0.3 is 10.1 Å². The van der Waals surface area contributed by atoms with E-state index in [9.17, 15) is 14.9 Å². The van der Waals surface area contributed by atoms with Gasteiger partial charge in [0.1, 0.15) is 5.60 Å². The quantitative estimate of drug-likeness (QED) is 0.404. The minimum atomic E-state index is -0.692. The molecule has 1 aliphatic heterocycles. The molecule has 1 atom stereocenters. The number of carbonyl (C=O) groups is 2. The maximum absolute atomic E-state index is 13.2. The van der Waals surface area contributed by atoms with Crippen molar-refractivity contribution in [2.24, 2.45) is 0 Å². The molecule has 0 fully saturated rings. The smallest absolute Gasteiger partial charge is 0.337 e. The number of thioether (sulfide) groups is 1. The number of esters is 1. The van der Waals surface area contributed by atoms with E-state index in [1.807, 2.05) is 18.2 Å². The Kier molecular flexibility index (Phi) is 7.68. The van der Waals surface area contributed by atoms with E-state index >= 15 is 0 Å². The van der Waals surface area contributed by atoms with Crippen LogP contribution in [0.4, 0.5) is 0 Å². The molecule has 0 aliphatic carbocycles. The van der Waals surface area contributed by atoms with Crippen LogP contribution in [0.5, 0.6) is 0 Å². The Morgan fingerprint density at radius 2 is 1.76 bits per heavy atom. The summed E-state index contributed by atoms with van der Waals surface area (Å²) < 4.78 is 5.65. The third-order valence-electron chi connectivity index (χ3n) is 4.91. The van der Waals surface area contributed by atoms with Gasteiger partial charge >= 0.3 is 5.97 Å². The standard InChI is InChI=1S/C26H25ClN2O3S/c1-16-22(25(31)32-26(2,3)4)23(18-10-12-19(27)13-11-18)20(14-28)24(29-16)33-15-21(30)17-8-6-5-7-9-17/h5-13,23,29H,15H2,1-4H3. The Balaban J connectivity index is 2.00. The van der Waals surface area contributed by atoms with Gasteiger partial charge in [0.2, 0.25) is 0 Å². The minimum absolute atomic E-state index is 0.0465. The zero-order valence-electron chi connectivity index (χ0n) is 18.9. The predicted molar refractivity (Wildman–Crippen MR) is 132 cm³/mol. The third-order valence-corrected chi connectivity index (χ3v) is 6.18. The first kappa shape index (κ1) is 24.6. The van der Waals surface area contributed by atoms with Crippen molar-refractivity contribution < 1.29 is 14.3 Å². The van der Waals surface area contributed by atoms with Gasteiger partial charge in [-0.05, 0) is 45.4 Å². The molecule has 1 heterocycles. The van der Waals surface area contributed by atoms with Crippen molar-refractivity contribution in [1.29, 1.82) is 5.26 Å². The molecule has 3 rings (SSSR count). The fourth-order valence-electron chi connectivity index (χ4n) is 3.46. The number of ether oxygens (including phenoxy) is 1. The Labute approximate surface area is 203 Å². The Morgan fingerprint density at radius 1 is 1.12 bits per heavy atom. The van der Waals surface area contributed by atoms with E-state index in [0.717, 1.165) is 5.56 Å². The molecular formula is C26H25ClN2O3S. The van der Waals surface area contributed by atoms with Crippen LogP contribution >= 0.6 is 23.4 Å². The van der Waals surface area contributed by atoms with Gasteiger partial charge in [0.05, 0.1) is 33.9 Å². The van der Waals surface area contributed by atoms with Crippen LogP contribution in [0.15, 0.2) is 76.5 Å². The first-order valence-corrected chi connectivity index (χ1v) is 11.8. The summed E-state index contributed by atoms with van der Waals surface area (Å²) >= 11 is 7.32. The lowest BCUT2D eigenvalue weighted by Gasteiger charge is -2.31. The lowest BCUT2D eigenvalue weighted by atomic mass is 9.82. The summed E-state index contributed by atoms with van der Waals surface area (Å²) in [6.45, 7) is 7.17. The molecule has 1 unspecified atom stereocenters. The van der Waals surface area contributed by atoms with Crippen molar-refractivity contribution in [3.8, 4) is 6.07 Å². The predicted octanol–water partition coefficient (Wildman–Crippen LogP) is 5.99. The number of nitriles is 1. The maximum Gasteiger partial charge on any atom is 0.337 e. The lowest BCUT2D eigenvalue weighted by molar-refractivity contribution is -0.150. The first-order chi connectivity index (χ1) is 15.6. The highest BCUT2D eigenvalue weighted by Gasteiger charge is 2.37. The number of ketones is 1. The molecular weight excluding hydrogens is 456 g/mol. The van der Waals surface area contributed by atoms with Crippen LogP contribution in [-0.2, 0) is 9.53 Å². The van der Waals surface area contributed by atoms with E-state index in [1.54, 1.807) is 64.1 Å². The number of hydrogen-bond donors (Lipinski definition) is 1. The van der Waals surface area contributed by atoms with Crippen molar-refractivity contribution in [1.82, 2.24) is 5.32 Å². The minimum Gasteiger partial charge on any atom is -0.457 e. The number of Topliss-reactive ketones (excluding diaryl/α,β-unsaturated/α-hetero) is 1. The first-order valence-electron chi connectivity index (χ1n) is 10.4. The van der Waals surface area contributed by atoms with Crippen molar-refractivity contribution >= 4 is 35.1 Å². The number of nitrogens with zero attached hydrogens (tertiary/aromatic N) is 1. The molecule has 0 bridgehead atoms. The van der Waals surface area contributed by atoms with Gasteiger partial charge in [-0.2, -0.15) is 5.26 Å². The van der Waals surface area contributed by atoms with Crippen molar-refractivity contribution in [2.75, 3.05) is 5.75 Å². The zero-order valence-corrected chi connectivity index (χ0v) is 20.5. The third kappa shape index (κ3) is 6.07. The van der Waals surface area contributed by atoms with Gasteiger partial charge in [-0.3, -0.25) is 4.79 Å². The van der Waals surface area contributed by atoms with Crippen LogP contribution < -0.4 is 5.32 Å². The molecule has 0 aromatic heterocycles. The van der Waals surface area contributed by atoms with Gasteiger partial charge in [-0.15, -0.1) is 0 Å². The van der Waals surface area contributed by atoms with E-state index < -0.39 is 17.5 Å². The Bertz CT molecular complexity index is 1160. The molecule has 0 saturated carbocycles. The molecule has 0 radical (unpaired) electrons. The van der Waals surface area contributed by atoms with E-state index in [1.165, 1.54) is 11.8 Å². The topological polar surface area (TPSA) is 79.2 Å². The summed E-state index contributed by atoms with van der Waals surface area (Å²) in [7, 11) is 0. The molecule has 2 aromatic rings. The molecule has 0 amide bonds. The molecule has 170 valence electrons. The van der Waals surface area contributed by atoms with Gasteiger partial charge in [0.15, 0.2) is 5.78 Å². The molecule has 5 nitrogen and oxygen atoms in total. The van der Waals surface area contributed by atoms with Crippen molar-refractivity contribution in [3.63, 3.8) is 0 Å². The van der Waals surface area contributed by atoms with Crippen LogP contribution in [0, 0.1) is 11.3 Å². The van der Waals surface area contributed by atoms with Crippen molar-refractivity contribution in [3.05, 3.63) is 92.6 Å². The number of benzene rings is 2. The Hall–Kier alpha value is -3.01. The summed E-state index contributed by atoms with van der Waals surface area (Å²) in [5.74, 6) is -1.03. The summed E-state index contributed by atoms with van der Waals surface area (Å²) in [6.07, 6.45) is 0. The maximum atomic E-state index is 13.2. The van der Waals surface area contributed by atoms with Crippen LogP contribution in [0.2, 0.25) is 5.02 Å². The number of allylic oxidation sites excluding steroid dienone is 2. The van der Waals surface area contributed by atoms with Gasteiger partial charge in [0, 0.05) is 16.3 Å². The second kappa shape index (κ2) is 10.3. The van der Waals surface area contributed by atoms with E-state index in [4.69, 9.17) is 16.3 Å². The number of rotatable bonds is 6.